The van der Waals surface area contributed by atoms with Gasteiger partial charge in [0.25, 0.3) is 0 Å². The lowest BCUT2D eigenvalue weighted by molar-refractivity contribution is 0.0726. The molecule has 0 aliphatic carbocycles. The van der Waals surface area contributed by atoms with Crippen LogP contribution in [-0.2, 0) is 0 Å². The minimum atomic E-state index is -0.451. The van der Waals surface area contributed by atoms with Gasteiger partial charge in [0, 0.05) is 11.8 Å². The molecule has 0 fully saturated rings. The smallest absolute Gasteiger partial charge is 0.344 e. The molecule has 5 nitrogen and oxygen atoms in total. The van der Waals surface area contributed by atoms with Crippen LogP contribution in [0.15, 0.2) is 24.3 Å². The van der Waals surface area contributed by atoms with Crippen LogP contribution in [0.25, 0.3) is 0 Å². The van der Waals surface area contributed by atoms with Crippen molar-refractivity contribution in [3.63, 3.8) is 0 Å². The second-order valence-corrected chi connectivity index (χ2v) is 4.52. The van der Waals surface area contributed by atoms with Crippen LogP contribution in [0.1, 0.15) is 27.2 Å². The molecule has 0 amide bonds. The highest BCUT2D eigenvalue weighted by Crippen LogP contribution is 2.16. The molecule has 0 aliphatic rings. The fraction of sp³-hybridized carbons (Fsp3) is 0.267. The van der Waals surface area contributed by atoms with Gasteiger partial charge in [-0.15, -0.1) is 0 Å². The number of rotatable bonds is 3. The number of carbonyl (C=O) groups is 1. The first-order valence-corrected chi connectivity index (χ1v) is 6.18. The summed E-state index contributed by atoms with van der Waals surface area (Å²) in [6.07, 6.45) is 0. The third kappa shape index (κ3) is 3.12. The summed E-state index contributed by atoms with van der Waals surface area (Å²) in [5.74, 6) is -0.272. The van der Waals surface area contributed by atoms with E-state index in [1.807, 2.05) is 19.9 Å². The van der Waals surface area contributed by atoms with E-state index in [4.69, 9.17) is 9.47 Å². The van der Waals surface area contributed by atoms with Crippen molar-refractivity contribution >= 4 is 5.97 Å². The Labute approximate surface area is 117 Å². The molecule has 0 saturated heterocycles. The Morgan fingerprint density at radius 1 is 1.05 bits per heavy atom. The number of hydrogen-bond donors (Lipinski definition) is 0. The normalized spacial score (nSPS) is 10.2. The zero-order valence-corrected chi connectivity index (χ0v) is 11.9. The molecule has 2 rings (SSSR count). The van der Waals surface area contributed by atoms with Gasteiger partial charge >= 0.3 is 12.0 Å². The van der Waals surface area contributed by atoms with Crippen LogP contribution in [0.3, 0.4) is 0 Å². The molecule has 0 unspecified atom stereocenters. The van der Waals surface area contributed by atoms with Gasteiger partial charge < -0.3 is 9.47 Å². The Kier molecular flexibility index (Phi) is 3.98. The Morgan fingerprint density at radius 3 is 2.45 bits per heavy atom. The quantitative estimate of drug-likeness (QED) is 0.804. The fourth-order valence-corrected chi connectivity index (χ4v) is 1.68. The van der Waals surface area contributed by atoms with Crippen LogP contribution in [0.4, 0.5) is 0 Å². The molecule has 5 heteroatoms. The Morgan fingerprint density at radius 2 is 1.80 bits per heavy atom. The van der Waals surface area contributed by atoms with Crippen molar-refractivity contribution in [3.05, 3.63) is 46.6 Å². The molecule has 0 radical (unpaired) electrons. The van der Waals surface area contributed by atoms with Crippen molar-refractivity contribution in [2.45, 2.75) is 20.8 Å². The average Bonchev–Trinajstić information content (AvgIpc) is 2.41. The van der Waals surface area contributed by atoms with Gasteiger partial charge in [0.2, 0.25) is 5.88 Å². The second-order valence-electron chi connectivity index (χ2n) is 4.52. The Balaban J connectivity index is 2.23. The largest absolute Gasteiger partial charge is 0.467 e. The number of aryl methyl sites for hydroxylation is 3. The van der Waals surface area contributed by atoms with Crippen LogP contribution in [0.5, 0.6) is 11.9 Å². The number of esters is 1. The summed E-state index contributed by atoms with van der Waals surface area (Å²) in [7, 11) is 1.46. The molecule has 104 valence electrons. The van der Waals surface area contributed by atoms with E-state index in [0.29, 0.717) is 11.3 Å². The van der Waals surface area contributed by atoms with E-state index in [9.17, 15) is 4.79 Å². The summed E-state index contributed by atoms with van der Waals surface area (Å²) >= 11 is 0. The number of aromatic nitrogens is 2. The predicted molar refractivity (Wildman–Crippen MR) is 74.2 cm³/mol. The highest BCUT2D eigenvalue weighted by Gasteiger charge is 2.12. The number of carbonyl (C=O) groups excluding carboxylic acids is 1. The zero-order valence-electron chi connectivity index (χ0n) is 11.9. The standard InChI is InChI=1S/C15H16N2O3/c1-9-5-6-12(7-10(9)2)14(18)20-13-8-11(3)16-15(17-13)19-4/h5-8H,1-4H3. The van der Waals surface area contributed by atoms with Gasteiger partial charge in [-0.3, -0.25) is 0 Å². The van der Waals surface area contributed by atoms with Crippen LogP contribution in [0, 0.1) is 20.8 Å². The predicted octanol–water partition coefficient (Wildman–Crippen LogP) is 2.63. The number of benzene rings is 1. The van der Waals surface area contributed by atoms with Crippen molar-refractivity contribution in [1.82, 2.24) is 9.97 Å². The number of nitrogens with zero attached hydrogens (tertiary/aromatic N) is 2. The van der Waals surface area contributed by atoms with E-state index in [-0.39, 0.29) is 11.9 Å². The van der Waals surface area contributed by atoms with E-state index in [0.717, 1.165) is 11.1 Å². The van der Waals surface area contributed by atoms with Gasteiger partial charge in [0.05, 0.1) is 12.7 Å². The molecule has 0 N–H and O–H groups in total. The summed E-state index contributed by atoms with van der Waals surface area (Å²) in [5.41, 5.74) is 3.32. The molecule has 0 aliphatic heterocycles. The second kappa shape index (κ2) is 5.69. The van der Waals surface area contributed by atoms with Crippen LogP contribution < -0.4 is 9.47 Å². The van der Waals surface area contributed by atoms with Gasteiger partial charge in [-0.25, -0.2) is 9.78 Å². The first kappa shape index (κ1) is 14.0. The summed E-state index contributed by atoms with van der Waals surface area (Å²) in [4.78, 5) is 20.1. The summed E-state index contributed by atoms with van der Waals surface area (Å²) < 4.78 is 10.2. The highest BCUT2D eigenvalue weighted by atomic mass is 16.5. The molecule has 1 heterocycles. The Bertz CT molecular complexity index is 654. The topological polar surface area (TPSA) is 61.3 Å². The van der Waals surface area contributed by atoms with Gasteiger partial charge in [0.15, 0.2) is 0 Å². The van der Waals surface area contributed by atoms with Crippen molar-refractivity contribution in [1.29, 1.82) is 0 Å². The molecule has 0 bridgehead atoms. The molecular weight excluding hydrogens is 256 g/mol. The van der Waals surface area contributed by atoms with Crippen molar-refractivity contribution in [3.8, 4) is 11.9 Å². The molecule has 20 heavy (non-hydrogen) atoms. The van der Waals surface area contributed by atoms with Crippen LogP contribution in [-0.4, -0.2) is 23.0 Å². The number of hydrogen-bond acceptors (Lipinski definition) is 5. The average molecular weight is 272 g/mol. The third-order valence-electron chi connectivity index (χ3n) is 2.93. The number of methoxy groups -OCH3 is 1. The van der Waals surface area contributed by atoms with Crippen LogP contribution >= 0.6 is 0 Å². The van der Waals surface area contributed by atoms with E-state index in [1.165, 1.54) is 7.11 Å². The lowest BCUT2D eigenvalue weighted by Crippen LogP contribution is -2.10. The molecule has 0 spiro atoms. The summed E-state index contributed by atoms with van der Waals surface area (Å²) in [5, 5.41) is 0. The fourth-order valence-electron chi connectivity index (χ4n) is 1.68. The van der Waals surface area contributed by atoms with Gasteiger partial charge in [0.1, 0.15) is 0 Å². The molecule has 0 atom stereocenters. The maximum atomic E-state index is 12.1. The van der Waals surface area contributed by atoms with E-state index in [2.05, 4.69) is 9.97 Å². The zero-order chi connectivity index (χ0) is 14.7. The molecule has 0 saturated carbocycles. The lowest BCUT2D eigenvalue weighted by Gasteiger charge is -2.07. The Hall–Kier alpha value is -2.43. The highest BCUT2D eigenvalue weighted by molar-refractivity contribution is 5.91. The maximum Gasteiger partial charge on any atom is 0.344 e. The number of ether oxygens (including phenoxy) is 2. The SMILES string of the molecule is COc1nc(C)cc(OC(=O)c2ccc(C)c(C)c2)n1. The monoisotopic (exact) mass is 272 g/mol. The molecular formula is C15H16N2O3. The van der Waals surface area contributed by atoms with E-state index in [1.54, 1.807) is 25.1 Å². The lowest BCUT2D eigenvalue weighted by atomic mass is 10.1. The molecule has 1 aromatic heterocycles. The van der Waals surface area contributed by atoms with Crippen LogP contribution in [0.2, 0.25) is 0 Å². The third-order valence-corrected chi connectivity index (χ3v) is 2.93. The first-order valence-electron chi connectivity index (χ1n) is 6.18. The minimum Gasteiger partial charge on any atom is -0.467 e. The summed E-state index contributed by atoms with van der Waals surface area (Å²) in [6.45, 7) is 5.71. The van der Waals surface area contributed by atoms with Gasteiger partial charge in [-0.1, -0.05) is 6.07 Å². The van der Waals surface area contributed by atoms with Crippen molar-refractivity contribution in [2.75, 3.05) is 7.11 Å². The van der Waals surface area contributed by atoms with E-state index >= 15 is 0 Å². The van der Waals surface area contributed by atoms with Gasteiger partial charge in [-0.2, -0.15) is 4.98 Å². The van der Waals surface area contributed by atoms with Crippen molar-refractivity contribution < 1.29 is 14.3 Å². The molecule has 2 aromatic rings. The maximum absolute atomic E-state index is 12.1. The molecule has 1 aromatic carbocycles. The summed E-state index contributed by atoms with van der Waals surface area (Å²) in [6, 6.07) is 7.17. The first-order chi connectivity index (χ1) is 9.49. The van der Waals surface area contributed by atoms with Gasteiger partial charge in [-0.05, 0) is 44.0 Å². The minimum absolute atomic E-state index is 0.174. The van der Waals surface area contributed by atoms with Crippen molar-refractivity contribution in [2.24, 2.45) is 0 Å². The van der Waals surface area contributed by atoms with E-state index < -0.39 is 5.97 Å².